The van der Waals surface area contributed by atoms with E-state index >= 15 is 0 Å². The zero-order chi connectivity index (χ0) is 15.1. The number of amides is 2. The molecule has 0 fully saturated rings. The van der Waals surface area contributed by atoms with Crippen LogP contribution in [-0.4, -0.2) is 19.2 Å². The van der Waals surface area contributed by atoms with Gasteiger partial charge in [0.15, 0.2) is 0 Å². The Morgan fingerprint density at radius 3 is 2.67 bits per heavy atom. The lowest BCUT2D eigenvalue weighted by atomic mass is 10.2. The normalized spacial score (nSPS) is 10.0. The van der Waals surface area contributed by atoms with Crippen LogP contribution >= 0.6 is 0 Å². The summed E-state index contributed by atoms with van der Waals surface area (Å²) in [5.74, 6) is 0.434. The second kappa shape index (κ2) is 7.28. The Hall–Kier alpha value is -2.56. The molecule has 0 spiro atoms. The molecule has 0 radical (unpaired) electrons. The molecule has 4 nitrogen and oxygen atoms in total. The van der Waals surface area contributed by atoms with Crippen LogP contribution in [0.25, 0.3) is 0 Å². The Bertz CT molecular complexity index is 599. The van der Waals surface area contributed by atoms with Crippen LogP contribution in [0.3, 0.4) is 0 Å². The maximum absolute atomic E-state index is 12.7. The van der Waals surface area contributed by atoms with E-state index < -0.39 is 0 Å². The van der Waals surface area contributed by atoms with Crippen LogP contribution in [0.2, 0.25) is 0 Å². The summed E-state index contributed by atoms with van der Waals surface area (Å²) in [5.41, 5.74) is 1.66. The van der Waals surface area contributed by atoms with Crippen molar-refractivity contribution in [2.45, 2.75) is 6.92 Å². The lowest BCUT2D eigenvalue weighted by molar-refractivity contribution is 0.247. The van der Waals surface area contributed by atoms with E-state index in [1.54, 1.807) is 0 Å². The molecule has 0 aliphatic heterocycles. The summed E-state index contributed by atoms with van der Waals surface area (Å²) in [6, 6.07) is 12.9. The fourth-order valence-electron chi connectivity index (χ4n) is 1.75. The summed E-state index contributed by atoms with van der Waals surface area (Å²) in [7, 11) is 0. The summed E-state index contributed by atoms with van der Waals surface area (Å²) in [6.07, 6.45) is 0. The van der Waals surface area contributed by atoms with Gasteiger partial charge in [0.25, 0.3) is 0 Å². The molecule has 0 bridgehead atoms. The molecule has 0 aliphatic rings. The number of benzene rings is 2. The van der Waals surface area contributed by atoms with E-state index in [9.17, 15) is 9.18 Å². The van der Waals surface area contributed by atoms with Gasteiger partial charge in [-0.2, -0.15) is 0 Å². The van der Waals surface area contributed by atoms with Gasteiger partial charge in [0, 0.05) is 5.69 Å². The molecule has 0 saturated carbocycles. The van der Waals surface area contributed by atoms with Crippen molar-refractivity contribution < 1.29 is 13.9 Å². The van der Waals surface area contributed by atoms with E-state index in [0.29, 0.717) is 18.8 Å². The van der Waals surface area contributed by atoms with Gasteiger partial charge in [0.05, 0.1) is 6.54 Å². The van der Waals surface area contributed by atoms with Crippen LogP contribution < -0.4 is 15.4 Å². The maximum Gasteiger partial charge on any atom is 0.319 e. The second-order valence-corrected chi connectivity index (χ2v) is 4.55. The summed E-state index contributed by atoms with van der Waals surface area (Å²) in [6.45, 7) is 2.74. The van der Waals surface area contributed by atoms with Crippen LogP contribution in [-0.2, 0) is 0 Å². The summed E-state index contributed by atoms with van der Waals surface area (Å²) in [5, 5.41) is 5.27. The first-order valence-corrected chi connectivity index (χ1v) is 6.63. The van der Waals surface area contributed by atoms with Crippen molar-refractivity contribution >= 4 is 11.7 Å². The third-order valence-electron chi connectivity index (χ3n) is 2.75. The number of carbonyl (C=O) groups excluding carboxylic acids is 1. The van der Waals surface area contributed by atoms with Crippen LogP contribution in [0.1, 0.15) is 5.56 Å². The summed E-state index contributed by atoms with van der Waals surface area (Å²) < 4.78 is 18.2. The molecule has 0 saturated heterocycles. The minimum atomic E-state index is -0.352. The van der Waals surface area contributed by atoms with E-state index in [0.717, 1.165) is 11.3 Å². The molecule has 2 rings (SSSR count). The van der Waals surface area contributed by atoms with E-state index in [1.165, 1.54) is 24.3 Å². The van der Waals surface area contributed by atoms with E-state index in [-0.39, 0.29) is 11.8 Å². The van der Waals surface area contributed by atoms with E-state index in [1.807, 2.05) is 31.2 Å². The van der Waals surface area contributed by atoms with Crippen molar-refractivity contribution in [2.24, 2.45) is 0 Å². The van der Waals surface area contributed by atoms with Gasteiger partial charge in [-0.25, -0.2) is 9.18 Å². The SMILES string of the molecule is Cc1cccc(OCCNC(=O)Nc2ccc(F)cc2)c1. The molecule has 2 amide bonds. The number of nitrogens with one attached hydrogen (secondary N) is 2. The highest BCUT2D eigenvalue weighted by Crippen LogP contribution is 2.11. The van der Waals surface area contributed by atoms with Crippen molar-refractivity contribution in [1.29, 1.82) is 0 Å². The van der Waals surface area contributed by atoms with Crippen molar-refractivity contribution in [3.05, 3.63) is 59.9 Å². The zero-order valence-electron chi connectivity index (χ0n) is 11.7. The topological polar surface area (TPSA) is 50.4 Å². The average molecular weight is 288 g/mol. The second-order valence-electron chi connectivity index (χ2n) is 4.55. The number of carbonyl (C=O) groups is 1. The Kier molecular flexibility index (Phi) is 5.15. The van der Waals surface area contributed by atoms with Gasteiger partial charge in [-0.3, -0.25) is 0 Å². The molecule has 0 unspecified atom stereocenters. The number of aryl methyl sites for hydroxylation is 1. The Labute approximate surface area is 122 Å². The zero-order valence-corrected chi connectivity index (χ0v) is 11.7. The number of anilines is 1. The average Bonchev–Trinajstić information content (AvgIpc) is 2.46. The minimum absolute atomic E-state index is 0.340. The minimum Gasteiger partial charge on any atom is -0.492 e. The van der Waals surface area contributed by atoms with Crippen molar-refractivity contribution in [1.82, 2.24) is 5.32 Å². The van der Waals surface area contributed by atoms with Gasteiger partial charge in [0.2, 0.25) is 0 Å². The first-order valence-electron chi connectivity index (χ1n) is 6.63. The van der Waals surface area contributed by atoms with Crippen LogP contribution in [0.4, 0.5) is 14.9 Å². The van der Waals surface area contributed by atoms with Crippen LogP contribution in [0.5, 0.6) is 5.75 Å². The maximum atomic E-state index is 12.7. The lowest BCUT2D eigenvalue weighted by Crippen LogP contribution is -2.32. The molecule has 0 aromatic heterocycles. The highest BCUT2D eigenvalue weighted by atomic mass is 19.1. The Balaban J connectivity index is 1.68. The molecule has 5 heteroatoms. The third-order valence-corrected chi connectivity index (χ3v) is 2.75. The van der Waals surface area contributed by atoms with Gasteiger partial charge in [-0.15, -0.1) is 0 Å². The lowest BCUT2D eigenvalue weighted by Gasteiger charge is -2.09. The highest BCUT2D eigenvalue weighted by Gasteiger charge is 2.01. The van der Waals surface area contributed by atoms with Crippen LogP contribution in [0, 0.1) is 12.7 Å². The Morgan fingerprint density at radius 2 is 1.95 bits per heavy atom. The van der Waals surface area contributed by atoms with E-state index in [4.69, 9.17) is 4.74 Å². The van der Waals surface area contributed by atoms with Gasteiger partial charge < -0.3 is 15.4 Å². The number of urea groups is 1. The molecular weight excluding hydrogens is 271 g/mol. The fraction of sp³-hybridized carbons (Fsp3) is 0.188. The number of ether oxygens (including phenoxy) is 1. The summed E-state index contributed by atoms with van der Waals surface area (Å²) >= 11 is 0. The van der Waals surface area contributed by atoms with Crippen LogP contribution in [0.15, 0.2) is 48.5 Å². The number of rotatable bonds is 5. The quantitative estimate of drug-likeness (QED) is 0.829. The molecule has 110 valence electrons. The van der Waals surface area contributed by atoms with Gasteiger partial charge >= 0.3 is 6.03 Å². The van der Waals surface area contributed by atoms with Crippen molar-refractivity contribution in [3.63, 3.8) is 0 Å². The molecule has 21 heavy (non-hydrogen) atoms. The van der Waals surface area contributed by atoms with Crippen molar-refractivity contribution in [2.75, 3.05) is 18.5 Å². The number of hydrogen-bond acceptors (Lipinski definition) is 2. The molecule has 0 heterocycles. The number of halogens is 1. The van der Waals surface area contributed by atoms with E-state index in [2.05, 4.69) is 10.6 Å². The monoisotopic (exact) mass is 288 g/mol. The highest BCUT2D eigenvalue weighted by molar-refractivity contribution is 5.89. The molecule has 2 aromatic rings. The molecule has 0 atom stereocenters. The fourth-order valence-corrected chi connectivity index (χ4v) is 1.75. The summed E-state index contributed by atoms with van der Waals surface area (Å²) in [4.78, 5) is 11.6. The first-order chi connectivity index (χ1) is 10.1. The molecular formula is C16H17FN2O2. The molecule has 0 aliphatic carbocycles. The van der Waals surface area contributed by atoms with Crippen molar-refractivity contribution in [3.8, 4) is 5.75 Å². The predicted molar refractivity (Wildman–Crippen MR) is 80.1 cm³/mol. The van der Waals surface area contributed by atoms with Gasteiger partial charge in [0.1, 0.15) is 18.2 Å². The molecule has 2 N–H and O–H groups in total. The number of hydrogen-bond donors (Lipinski definition) is 2. The molecule has 2 aromatic carbocycles. The third kappa shape index (κ3) is 5.14. The van der Waals surface area contributed by atoms with Gasteiger partial charge in [-0.05, 0) is 48.9 Å². The standard InChI is InChI=1S/C16H17FN2O2/c1-12-3-2-4-15(11-12)21-10-9-18-16(20)19-14-7-5-13(17)6-8-14/h2-8,11H,9-10H2,1H3,(H2,18,19,20). The Morgan fingerprint density at radius 1 is 1.19 bits per heavy atom. The van der Waals surface area contributed by atoms with Gasteiger partial charge in [-0.1, -0.05) is 12.1 Å². The largest absolute Gasteiger partial charge is 0.492 e. The predicted octanol–water partition coefficient (Wildman–Crippen LogP) is 3.33. The smallest absolute Gasteiger partial charge is 0.319 e. The first kappa shape index (κ1) is 14.8.